The number of likely N-dealkylation sites (tertiary alicyclic amines) is 1. The molecule has 0 aromatic rings. The van der Waals surface area contributed by atoms with Crippen LogP contribution in [0.4, 0.5) is 0 Å². The van der Waals surface area contributed by atoms with E-state index in [1.54, 1.807) is 7.11 Å². The van der Waals surface area contributed by atoms with Gasteiger partial charge in [-0.3, -0.25) is 0 Å². The van der Waals surface area contributed by atoms with E-state index in [1.165, 1.54) is 25.9 Å². The van der Waals surface area contributed by atoms with Crippen molar-refractivity contribution in [3.8, 4) is 0 Å². The van der Waals surface area contributed by atoms with E-state index in [0.717, 1.165) is 12.3 Å². The van der Waals surface area contributed by atoms with Crippen molar-refractivity contribution in [3.63, 3.8) is 0 Å². The van der Waals surface area contributed by atoms with Crippen LogP contribution in [0.15, 0.2) is 0 Å². The zero-order valence-electron chi connectivity index (χ0n) is 10.6. The molecular formula is C12H25NO2. The third-order valence-corrected chi connectivity index (χ3v) is 3.86. The van der Waals surface area contributed by atoms with Gasteiger partial charge < -0.3 is 4.90 Å². The molecule has 1 aliphatic heterocycles. The fourth-order valence-corrected chi connectivity index (χ4v) is 2.56. The normalized spacial score (nSPS) is 33.2. The largest absolute Gasteiger partial charge is 0.306 e. The Balaban J connectivity index is 2.34. The van der Waals surface area contributed by atoms with Crippen LogP contribution in [0.2, 0.25) is 0 Å². The highest BCUT2D eigenvalue weighted by Crippen LogP contribution is 2.38. The first-order valence-electron chi connectivity index (χ1n) is 5.92. The van der Waals surface area contributed by atoms with Gasteiger partial charge in [0.1, 0.15) is 0 Å². The molecule has 1 heterocycles. The van der Waals surface area contributed by atoms with E-state index >= 15 is 0 Å². The van der Waals surface area contributed by atoms with Gasteiger partial charge in [-0.25, -0.2) is 9.78 Å². The van der Waals surface area contributed by atoms with Gasteiger partial charge in [0.05, 0.1) is 13.7 Å². The van der Waals surface area contributed by atoms with Crippen LogP contribution in [-0.4, -0.2) is 38.8 Å². The quantitative estimate of drug-likeness (QED) is 0.399. The van der Waals surface area contributed by atoms with Crippen LogP contribution >= 0.6 is 0 Å². The second kappa shape index (κ2) is 5.83. The molecule has 1 saturated heterocycles. The summed E-state index contributed by atoms with van der Waals surface area (Å²) in [5.41, 5.74) is 0.449. The van der Waals surface area contributed by atoms with Gasteiger partial charge in [0.2, 0.25) is 0 Å². The predicted molar refractivity (Wildman–Crippen MR) is 61.6 cm³/mol. The molecule has 0 aliphatic carbocycles. The summed E-state index contributed by atoms with van der Waals surface area (Å²) < 4.78 is 0. The van der Waals surface area contributed by atoms with E-state index in [4.69, 9.17) is 4.89 Å². The first kappa shape index (κ1) is 12.9. The van der Waals surface area contributed by atoms with Crippen molar-refractivity contribution in [2.45, 2.75) is 33.1 Å². The van der Waals surface area contributed by atoms with Gasteiger partial charge in [0, 0.05) is 6.54 Å². The number of hydrogen-bond donors (Lipinski definition) is 0. The van der Waals surface area contributed by atoms with Gasteiger partial charge in [0.15, 0.2) is 0 Å². The van der Waals surface area contributed by atoms with Crippen LogP contribution in [-0.2, 0) is 9.78 Å². The molecule has 0 radical (unpaired) electrons. The van der Waals surface area contributed by atoms with Gasteiger partial charge in [-0.05, 0) is 44.2 Å². The summed E-state index contributed by atoms with van der Waals surface area (Å²) >= 11 is 0. The summed E-state index contributed by atoms with van der Waals surface area (Å²) in [7, 11) is 3.79. The lowest BCUT2D eigenvalue weighted by Gasteiger charge is -2.44. The molecular weight excluding hydrogens is 190 g/mol. The van der Waals surface area contributed by atoms with Crippen LogP contribution in [0.3, 0.4) is 0 Å². The molecule has 0 amide bonds. The molecule has 0 N–H and O–H groups in total. The lowest BCUT2D eigenvalue weighted by Crippen LogP contribution is -2.44. The minimum absolute atomic E-state index is 0.449. The molecule has 0 saturated carbocycles. The maximum atomic E-state index is 4.92. The number of rotatable bonds is 5. The third-order valence-electron chi connectivity index (χ3n) is 3.86. The van der Waals surface area contributed by atoms with E-state index in [0.29, 0.717) is 12.0 Å². The molecule has 1 fully saturated rings. The molecule has 0 aromatic carbocycles. The van der Waals surface area contributed by atoms with Crippen LogP contribution in [0, 0.1) is 11.3 Å². The molecule has 0 aromatic heterocycles. The minimum Gasteiger partial charge on any atom is -0.306 e. The maximum Gasteiger partial charge on any atom is 0.0822 e. The van der Waals surface area contributed by atoms with Crippen LogP contribution < -0.4 is 0 Å². The highest BCUT2D eigenvalue weighted by molar-refractivity contribution is 4.87. The fourth-order valence-electron chi connectivity index (χ4n) is 2.56. The maximum absolute atomic E-state index is 4.92. The first-order chi connectivity index (χ1) is 7.08. The topological polar surface area (TPSA) is 21.7 Å². The predicted octanol–water partition coefficient (Wildman–Crippen LogP) is 2.32. The first-order valence-corrected chi connectivity index (χ1v) is 5.92. The van der Waals surface area contributed by atoms with Gasteiger partial charge in [-0.15, -0.1) is 0 Å². The number of piperidine rings is 1. The van der Waals surface area contributed by atoms with Crippen molar-refractivity contribution in [2.75, 3.05) is 33.9 Å². The Kier molecular flexibility index (Phi) is 5.03. The summed E-state index contributed by atoms with van der Waals surface area (Å²) in [5, 5.41) is 0. The summed E-state index contributed by atoms with van der Waals surface area (Å²) in [5.74, 6) is 0.816. The highest BCUT2D eigenvalue weighted by atomic mass is 17.2. The molecule has 3 heteroatoms. The van der Waals surface area contributed by atoms with Crippen molar-refractivity contribution in [3.05, 3.63) is 0 Å². The zero-order chi connectivity index (χ0) is 11.3. The van der Waals surface area contributed by atoms with Gasteiger partial charge in [-0.1, -0.05) is 13.8 Å². The molecule has 3 nitrogen and oxygen atoms in total. The lowest BCUT2D eigenvalue weighted by atomic mass is 9.70. The van der Waals surface area contributed by atoms with Crippen molar-refractivity contribution >= 4 is 0 Å². The molecule has 1 aliphatic rings. The summed E-state index contributed by atoms with van der Waals surface area (Å²) in [6.07, 6.45) is 3.63. The molecule has 0 bridgehead atoms. The van der Waals surface area contributed by atoms with Crippen molar-refractivity contribution in [1.29, 1.82) is 0 Å². The van der Waals surface area contributed by atoms with E-state index in [-0.39, 0.29) is 0 Å². The summed E-state index contributed by atoms with van der Waals surface area (Å²) in [6.45, 7) is 7.94. The van der Waals surface area contributed by atoms with E-state index in [1.807, 2.05) is 0 Å². The molecule has 2 atom stereocenters. The highest BCUT2D eigenvalue weighted by Gasteiger charge is 2.35. The Bertz CT molecular complexity index is 186. The molecule has 2 unspecified atom stereocenters. The number of hydrogen-bond acceptors (Lipinski definition) is 3. The average Bonchev–Trinajstić information content (AvgIpc) is 2.19. The molecule has 1 rings (SSSR count). The molecule has 15 heavy (non-hydrogen) atoms. The average molecular weight is 215 g/mol. The van der Waals surface area contributed by atoms with Gasteiger partial charge >= 0.3 is 0 Å². The van der Waals surface area contributed by atoms with E-state index < -0.39 is 0 Å². The Hall–Kier alpha value is -0.120. The van der Waals surface area contributed by atoms with Crippen LogP contribution in [0.25, 0.3) is 0 Å². The Morgan fingerprint density at radius 1 is 1.47 bits per heavy atom. The summed E-state index contributed by atoms with van der Waals surface area (Å²) in [4.78, 5) is 12.0. The smallest absolute Gasteiger partial charge is 0.0822 e. The second-order valence-corrected chi connectivity index (χ2v) is 5.17. The van der Waals surface area contributed by atoms with Crippen molar-refractivity contribution in [2.24, 2.45) is 11.3 Å². The Morgan fingerprint density at radius 2 is 2.20 bits per heavy atom. The zero-order valence-corrected chi connectivity index (χ0v) is 10.6. The van der Waals surface area contributed by atoms with E-state index in [9.17, 15) is 0 Å². The van der Waals surface area contributed by atoms with Crippen molar-refractivity contribution in [1.82, 2.24) is 4.90 Å². The van der Waals surface area contributed by atoms with Gasteiger partial charge in [-0.2, -0.15) is 0 Å². The van der Waals surface area contributed by atoms with Crippen molar-refractivity contribution < 1.29 is 9.78 Å². The van der Waals surface area contributed by atoms with Crippen LogP contribution in [0.1, 0.15) is 33.1 Å². The van der Waals surface area contributed by atoms with Crippen LogP contribution in [0.5, 0.6) is 0 Å². The summed E-state index contributed by atoms with van der Waals surface area (Å²) in [6, 6.07) is 0. The monoisotopic (exact) mass is 215 g/mol. The third kappa shape index (κ3) is 3.74. The Labute approximate surface area is 93.7 Å². The second-order valence-electron chi connectivity index (χ2n) is 5.17. The number of nitrogens with zero attached hydrogens (tertiary/aromatic N) is 1. The SMILES string of the molecule is COOCCCC1(C)CN(C)CCC1C. The minimum atomic E-state index is 0.449. The lowest BCUT2D eigenvalue weighted by molar-refractivity contribution is -0.273. The standard InChI is InChI=1S/C12H25NO2/c1-11-6-8-13(3)10-12(11,2)7-5-9-15-14-4/h11H,5-10H2,1-4H3. The fraction of sp³-hybridized carbons (Fsp3) is 1.00. The molecule has 90 valence electrons. The molecule has 0 spiro atoms. The van der Waals surface area contributed by atoms with Gasteiger partial charge in [0.25, 0.3) is 0 Å². The van der Waals surface area contributed by atoms with E-state index in [2.05, 4.69) is 30.7 Å². The Morgan fingerprint density at radius 3 is 2.87 bits per heavy atom.